The van der Waals surface area contributed by atoms with Crippen molar-refractivity contribution in [2.24, 2.45) is 11.7 Å². The second-order valence-electron chi connectivity index (χ2n) is 4.24. The molecule has 3 nitrogen and oxygen atoms in total. The van der Waals surface area contributed by atoms with Crippen molar-refractivity contribution < 1.29 is 18.0 Å². The van der Waals surface area contributed by atoms with Crippen molar-refractivity contribution in [2.45, 2.75) is 45.3 Å². The van der Waals surface area contributed by atoms with Crippen LogP contribution < -0.4 is 11.1 Å². The van der Waals surface area contributed by atoms with Gasteiger partial charge in [-0.05, 0) is 12.3 Å². The summed E-state index contributed by atoms with van der Waals surface area (Å²) in [5, 5.41) is 2.51. The van der Waals surface area contributed by atoms with E-state index in [1.807, 2.05) is 13.8 Å². The molecule has 0 fully saturated rings. The van der Waals surface area contributed by atoms with Gasteiger partial charge in [-0.3, -0.25) is 4.79 Å². The smallest absolute Gasteiger partial charge is 0.352 e. The fourth-order valence-corrected chi connectivity index (χ4v) is 1.34. The van der Waals surface area contributed by atoms with Crippen LogP contribution in [0.15, 0.2) is 0 Å². The molecule has 0 aliphatic carbocycles. The van der Waals surface area contributed by atoms with Gasteiger partial charge in [0.15, 0.2) is 0 Å². The molecule has 0 aliphatic rings. The molecule has 0 bridgehead atoms. The van der Waals surface area contributed by atoms with Crippen LogP contribution in [0.2, 0.25) is 0 Å². The first kappa shape index (κ1) is 15.2. The van der Waals surface area contributed by atoms with Gasteiger partial charge in [0.1, 0.15) is 0 Å². The van der Waals surface area contributed by atoms with E-state index in [2.05, 4.69) is 5.32 Å². The zero-order chi connectivity index (χ0) is 12.8. The van der Waals surface area contributed by atoms with E-state index in [0.29, 0.717) is 12.3 Å². The molecule has 0 heterocycles. The maximum absolute atomic E-state index is 11.8. The van der Waals surface area contributed by atoms with Crippen molar-refractivity contribution in [1.29, 1.82) is 0 Å². The Labute approximate surface area is 93.6 Å². The molecule has 1 amide bonds. The second-order valence-corrected chi connectivity index (χ2v) is 4.24. The summed E-state index contributed by atoms with van der Waals surface area (Å²) in [6, 6.07) is -0.235. The van der Waals surface area contributed by atoms with Gasteiger partial charge in [-0.2, -0.15) is 13.2 Å². The largest absolute Gasteiger partial charge is 0.389 e. The first-order valence-corrected chi connectivity index (χ1v) is 5.30. The Morgan fingerprint density at radius 1 is 1.38 bits per heavy atom. The van der Waals surface area contributed by atoms with Gasteiger partial charge in [0, 0.05) is 19.0 Å². The molecule has 0 aromatic heterocycles. The van der Waals surface area contributed by atoms with Crippen LogP contribution >= 0.6 is 0 Å². The summed E-state index contributed by atoms with van der Waals surface area (Å²) in [7, 11) is 0. The lowest BCUT2D eigenvalue weighted by Gasteiger charge is -2.19. The summed E-state index contributed by atoms with van der Waals surface area (Å²) in [4.78, 5) is 11.2. The van der Waals surface area contributed by atoms with Crippen LogP contribution in [0.25, 0.3) is 0 Å². The van der Waals surface area contributed by atoms with Crippen LogP contribution in [0.1, 0.15) is 33.1 Å². The predicted octanol–water partition coefficient (Wildman–Crippen LogP) is 1.82. The van der Waals surface area contributed by atoms with Crippen LogP contribution in [0.4, 0.5) is 13.2 Å². The van der Waals surface area contributed by atoms with Gasteiger partial charge in [-0.15, -0.1) is 0 Å². The summed E-state index contributed by atoms with van der Waals surface area (Å²) >= 11 is 0. The first-order valence-electron chi connectivity index (χ1n) is 5.30. The van der Waals surface area contributed by atoms with E-state index in [1.165, 1.54) is 0 Å². The van der Waals surface area contributed by atoms with Gasteiger partial charge in [0.25, 0.3) is 0 Å². The van der Waals surface area contributed by atoms with Crippen molar-refractivity contribution in [1.82, 2.24) is 5.32 Å². The molecule has 3 N–H and O–H groups in total. The van der Waals surface area contributed by atoms with Crippen molar-refractivity contribution in [3.05, 3.63) is 0 Å². The Kier molecular flexibility index (Phi) is 6.40. The molecule has 6 heteroatoms. The Bertz CT molecular complexity index is 217. The Hall–Kier alpha value is -0.780. The molecule has 0 saturated heterocycles. The highest BCUT2D eigenvalue weighted by Crippen LogP contribution is 2.21. The number of alkyl halides is 3. The summed E-state index contributed by atoms with van der Waals surface area (Å²) in [5.41, 5.74) is 5.41. The topological polar surface area (TPSA) is 55.1 Å². The number of hydrogen-bond donors (Lipinski definition) is 2. The highest BCUT2D eigenvalue weighted by molar-refractivity contribution is 5.76. The van der Waals surface area contributed by atoms with E-state index in [-0.39, 0.29) is 12.6 Å². The van der Waals surface area contributed by atoms with E-state index < -0.39 is 24.9 Å². The number of carbonyl (C=O) groups is 1. The van der Waals surface area contributed by atoms with Gasteiger partial charge in [-0.25, -0.2) is 0 Å². The number of rotatable bonds is 6. The van der Waals surface area contributed by atoms with Crippen LogP contribution in [0.3, 0.4) is 0 Å². The molecule has 0 radical (unpaired) electrons. The lowest BCUT2D eigenvalue weighted by atomic mass is 10.0. The van der Waals surface area contributed by atoms with E-state index in [0.717, 1.165) is 0 Å². The number of nitrogens with one attached hydrogen (secondary N) is 1. The van der Waals surface area contributed by atoms with Crippen molar-refractivity contribution in [3.63, 3.8) is 0 Å². The fourth-order valence-electron chi connectivity index (χ4n) is 1.34. The van der Waals surface area contributed by atoms with Gasteiger partial charge in [0.05, 0.1) is 6.42 Å². The van der Waals surface area contributed by atoms with Gasteiger partial charge in [-0.1, -0.05) is 13.8 Å². The molecule has 96 valence electrons. The number of halogens is 3. The molecule has 0 saturated carbocycles. The highest BCUT2D eigenvalue weighted by Gasteiger charge is 2.28. The summed E-state index contributed by atoms with van der Waals surface area (Å²) in [6.07, 6.45) is -5.22. The lowest BCUT2D eigenvalue weighted by Crippen LogP contribution is -2.41. The van der Waals surface area contributed by atoms with E-state index in [9.17, 15) is 18.0 Å². The number of carbonyl (C=O) groups excluding carboxylic acids is 1. The third-order valence-electron chi connectivity index (χ3n) is 2.04. The molecule has 16 heavy (non-hydrogen) atoms. The molecule has 1 atom stereocenters. The first-order chi connectivity index (χ1) is 7.24. The monoisotopic (exact) mass is 240 g/mol. The standard InChI is InChI=1S/C10H19F3N2O/c1-7(2)5-8(6-14)15-9(16)3-4-10(11,12)13/h7-8H,3-6,14H2,1-2H3,(H,15,16). The summed E-state index contributed by atoms with van der Waals surface area (Å²) in [5.74, 6) is -0.245. The number of amides is 1. The van der Waals surface area contributed by atoms with Crippen molar-refractivity contribution >= 4 is 5.91 Å². The van der Waals surface area contributed by atoms with Gasteiger partial charge < -0.3 is 11.1 Å². The number of hydrogen-bond acceptors (Lipinski definition) is 2. The molecule has 0 spiro atoms. The predicted molar refractivity (Wildman–Crippen MR) is 55.7 cm³/mol. The van der Waals surface area contributed by atoms with E-state index in [1.54, 1.807) is 0 Å². The molecule has 0 aromatic carbocycles. The molecular weight excluding hydrogens is 221 g/mol. The SMILES string of the molecule is CC(C)CC(CN)NC(=O)CCC(F)(F)F. The minimum absolute atomic E-state index is 0.235. The third kappa shape index (κ3) is 8.52. The van der Waals surface area contributed by atoms with Crippen LogP contribution in [0.5, 0.6) is 0 Å². The van der Waals surface area contributed by atoms with E-state index >= 15 is 0 Å². The highest BCUT2D eigenvalue weighted by atomic mass is 19.4. The van der Waals surface area contributed by atoms with Crippen LogP contribution in [0, 0.1) is 5.92 Å². The third-order valence-corrected chi connectivity index (χ3v) is 2.04. The maximum Gasteiger partial charge on any atom is 0.389 e. The second kappa shape index (κ2) is 6.73. The minimum atomic E-state index is -4.28. The normalized spacial score (nSPS) is 13.9. The number of nitrogens with two attached hydrogens (primary N) is 1. The summed E-state index contributed by atoms with van der Waals surface area (Å²) in [6.45, 7) is 4.17. The van der Waals surface area contributed by atoms with E-state index in [4.69, 9.17) is 5.73 Å². The van der Waals surface area contributed by atoms with Crippen LogP contribution in [-0.2, 0) is 4.79 Å². The summed E-state index contributed by atoms with van der Waals surface area (Å²) < 4.78 is 35.5. The van der Waals surface area contributed by atoms with Crippen molar-refractivity contribution in [2.75, 3.05) is 6.54 Å². The molecule has 0 rings (SSSR count). The maximum atomic E-state index is 11.8. The van der Waals surface area contributed by atoms with Gasteiger partial charge in [0.2, 0.25) is 5.91 Å². The average Bonchev–Trinajstić information content (AvgIpc) is 2.12. The fraction of sp³-hybridized carbons (Fsp3) is 0.900. The lowest BCUT2D eigenvalue weighted by molar-refractivity contribution is -0.144. The molecular formula is C10H19F3N2O. The van der Waals surface area contributed by atoms with Crippen molar-refractivity contribution in [3.8, 4) is 0 Å². The Morgan fingerprint density at radius 3 is 2.31 bits per heavy atom. The minimum Gasteiger partial charge on any atom is -0.352 e. The average molecular weight is 240 g/mol. The Morgan fingerprint density at radius 2 is 1.94 bits per heavy atom. The molecule has 0 aromatic rings. The molecule has 0 aliphatic heterocycles. The zero-order valence-corrected chi connectivity index (χ0v) is 9.60. The quantitative estimate of drug-likeness (QED) is 0.744. The Balaban J connectivity index is 3.92. The van der Waals surface area contributed by atoms with Gasteiger partial charge >= 0.3 is 6.18 Å². The van der Waals surface area contributed by atoms with Crippen LogP contribution in [-0.4, -0.2) is 24.7 Å². The molecule has 1 unspecified atom stereocenters. The zero-order valence-electron chi connectivity index (χ0n) is 9.60.